The molecule has 1 atom stereocenters. The van der Waals surface area contributed by atoms with Crippen molar-refractivity contribution < 1.29 is 22.6 Å². The number of quaternary nitrogens is 1. The van der Waals surface area contributed by atoms with Crippen molar-refractivity contribution in [3.8, 4) is 0 Å². The molecule has 0 saturated carbocycles. The van der Waals surface area contributed by atoms with Crippen molar-refractivity contribution in [3.05, 3.63) is 0 Å². The Morgan fingerprint density at radius 2 is 1.43 bits per heavy atom. The van der Waals surface area contributed by atoms with Crippen LogP contribution in [-0.4, -0.2) is 61.6 Å². The van der Waals surface area contributed by atoms with Crippen LogP contribution in [0.2, 0.25) is 0 Å². The maximum Gasteiger partial charge on any atom is 0.265 e. The zero-order valence-corrected chi connectivity index (χ0v) is 16.2. The van der Waals surface area contributed by atoms with E-state index in [-0.39, 0.29) is 11.9 Å². The van der Waals surface area contributed by atoms with E-state index < -0.39 is 10.1 Å². The number of aliphatic hydroxyl groups is 1. The molecule has 0 heterocycles. The van der Waals surface area contributed by atoms with Crippen LogP contribution >= 0.6 is 0 Å². The fraction of sp³-hybridized carbons (Fsp3) is 1.00. The van der Waals surface area contributed by atoms with Crippen LogP contribution in [0.25, 0.3) is 0 Å². The third-order valence-corrected chi connectivity index (χ3v) is 5.07. The molecule has 140 valence electrons. The normalized spacial score (nSPS) is 14.1. The number of aliphatic hydroxyl groups excluding tert-OH is 1. The van der Waals surface area contributed by atoms with Gasteiger partial charge in [-0.3, -0.25) is 4.55 Å². The van der Waals surface area contributed by atoms with Crippen molar-refractivity contribution in [2.24, 2.45) is 0 Å². The monoisotopic (exact) mass is 352 g/mol. The number of likely N-dealkylation sites (N-methyl/N-ethyl adjacent to an activating group) is 1. The quantitative estimate of drug-likeness (QED) is 0.269. The van der Waals surface area contributed by atoms with Gasteiger partial charge in [-0.2, -0.15) is 8.42 Å². The fourth-order valence-electron chi connectivity index (χ4n) is 2.94. The minimum atomic E-state index is -3.88. The third kappa shape index (κ3) is 16.5. The van der Waals surface area contributed by atoms with Gasteiger partial charge in [0.1, 0.15) is 12.6 Å². The minimum absolute atomic E-state index is 0.206. The van der Waals surface area contributed by atoms with Crippen molar-refractivity contribution in [3.63, 3.8) is 0 Å². The summed E-state index contributed by atoms with van der Waals surface area (Å²) >= 11 is 0. The average Bonchev–Trinajstić information content (AvgIpc) is 2.39. The highest BCUT2D eigenvalue weighted by molar-refractivity contribution is 7.85. The van der Waals surface area contributed by atoms with Crippen molar-refractivity contribution >= 4 is 10.1 Å². The Morgan fingerprint density at radius 1 is 0.913 bits per heavy atom. The van der Waals surface area contributed by atoms with Crippen molar-refractivity contribution in [2.75, 3.05) is 32.9 Å². The number of nitrogens with zero attached hydrogens (tertiary/aromatic N) is 1. The van der Waals surface area contributed by atoms with Gasteiger partial charge in [0.05, 0.1) is 26.4 Å². The Bertz CT molecular complexity index is 382. The summed E-state index contributed by atoms with van der Waals surface area (Å²) in [5.74, 6) is -0.206. The zero-order valence-electron chi connectivity index (χ0n) is 15.3. The van der Waals surface area contributed by atoms with Gasteiger partial charge in [-0.05, 0) is 6.42 Å². The molecule has 0 radical (unpaired) electrons. The molecule has 0 saturated heterocycles. The van der Waals surface area contributed by atoms with Crippen molar-refractivity contribution in [2.45, 2.75) is 77.2 Å². The Kier molecular flexibility index (Phi) is 12.1. The van der Waals surface area contributed by atoms with Crippen LogP contribution in [-0.2, 0) is 10.1 Å². The van der Waals surface area contributed by atoms with Gasteiger partial charge < -0.3 is 9.59 Å². The zero-order chi connectivity index (χ0) is 17.8. The molecule has 0 aromatic rings. The van der Waals surface area contributed by atoms with Gasteiger partial charge >= 0.3 is 0 Å². The number of rotatable bonds is 15. The summed E-state index contributed by atoms with van der Waals surface area (Å²) in [6.45, 7) is 3.49. The Morgan fingerprint density at radius 3 is 1.96 bits per heavy atom. The first-order chi connectivity index (χ1) is 10.7. The molecule has 0 aliphatic heterocycles. The summed E-state index contributed by atoms with van der Waals surface area (Å²) in [4.78, 5) is 0. The summed E-state index contributed by atoms with van der Waals surface area (Å²) < 4.78 is 30.8. The third-order valence-electron chi connectivity index (χ3n) is 4.26. The molecule has 5 nitrogen and oxygen atoms in total. The second-order valence-corrected chi connectivity index (χ2v) is 8.97. The standard InChI is InChI=1S/C17H37NO4S/c1-4-5-6-7-8-9-10-11-13-17(19)16-18(2,3)14-12-15-23(20,21)22/h17,19H,4-16H2,1-3H3/p+1. The molecule has 0 aromatic heterocycles. The highest BCUT2D eigenvalue weighted by atomic mass is 32.2. The van der Waals surface area contributed by atoms with Gasteiger partial charge in [-0.25, -0.2) is 0 Å². The highest BCUT2D eigenvalue weighted by Gasteiger charge is 2.21. The summed E-state index contributed by atoms with van der Waals surface area (Å²) in [5.41, 5.74) is 0. The van der Waals surface area contributed by atoms with E-state index in [9.17, 15) is 13.5 Å². The smallest absolute Gasteiger partial charge is 0.265 e. The second-order valence-electron chi connectivity index (χ2n) is 7.40. The van der Waals surface area contributed by atoms with Crippen LogP contribution in [0.15, 0.2) is 0 Å². The predicted octanol–water partition coefficient (Wildman–Crippen LogP) is 3.23. The topological polar surface area (TPSA) is 74.6 Å². The van der Waals surface area contributed by atoms with Gasteiger partial charge in [0.15, 0.2) is 0 Å². The van der Waals surface area contributed by atoms with E-state index >= 15 is 0 Å². The molecular weight excluding hydrogens is 314 g/mol. The maximum absolute atomic E-state index is 10.7. The van der Waals surface area contributed by atoms with E-state index in [1.807, 2.05) is 14.1 Å². The largest absolute Gasteiger partial charge is 0.387 e. The molecule has 23 heavy (non-hydrogen) atoms. The van der Waals surface area contributed by atoms with Crippen LogP contribution < -0.4 is 0 Å². The Labute approximate surface area is 143 Å². The van der Waals surface area contributed by atoms with Crippen LogP contribution in [0, 0.1) is 0 Å². The van der Waals surface area contributed by atoms with Gasteiger partial charge in [-0.15, -0.1) is 0 Å². The predicted molar refractivity (Wildman–Crippen MR) is 96.1 cm³/mol. The molecule has 0 spiro atoms. The number of hydrogen-bond acceptors (Lipinski definition) is 3. The first-order valence-corrected chi connectivity index (χ1v) is 10.7. The molecule has 0 bridgehead atoms. The maximum atomic E-state index is 10.7. The SMILES string of the molecule is CCCCCCCCCCC(O)C[N+](C)(C)CCCS(=O)(=O)O. The molecule has 1 unspecified atom stereocenters. The lowest BCUT2D eigenvalue weighted by molar-refractivity contribution is -0.893. The number of hydrogen-bond donors (Lipinski definition) is 2. The van der Waals surface area contributed by atoms with Crippen molar-refractivity contribution in [1.29, 1.82) is 0 Å². The van der Waals surface area contributed by atoms with E-state index in [4.69, 9.17) is 4.55 Å². The van der Waals surface area contributed by atoms with Gasteiger partial charge in [0.25, 0.3) is 10.1 Å². The second kappa shape index (κ2) is 12.2. The molecule has 2 N–H and O–H groups in total. The minimum Gasteiger partial charge on any atom is -0.387 e. The van der Waals surface area contributed by atoms with Crippen LogP contribution in [0.4, 0.5) is 0 Å². The van der Waals surface area contributed by atoms with E-state index in [0.717, 1.165) is 12.8 Å². The molecule has 6 heteroatoms. The molecule has 0 aliphatic rings. The van der Waals surface area contributed by atoms with E-state index in [0.29, 0.717) is 24.0 Å². The van der Waals surface area contributed by atoms with Crippen LogP contribution in [0.3, 0.4) is 0 Å². The molecule has 0 rings (SSSR count). The van der Waals surface area contributed by atoms with Gasteiger partial charge in [0.2, 0.25) is 0 Å². The first kappa shape index (κ1) is 22.8. The summed E-state index contributed by atoms with van der Waals surface area (Å²) in [6.07, 6.45) is 11.0. The van der Waals surface area contributed by atoms with Crippen LogP contribution in [0.5, 0.6) is 0 Å². The molecule has 0 fully saturated rings. The summed E-state index contributed by atoms with van der Waals surface area (Å²) in [6, 6.07) is 0. The first-order valence-electron chi connectivity index (χ1n) is 9.11. The van der Waals surface area contributed by atoms with E-state index in [1.165, 1.54) is 44.9 Å². The van der Waals surface area contributed by atoms with Crippen LogP contribution in [0.1, 0.15) is 71.1 Å². The lowest BCUT2D eigenvalue weighted by Crippen LogP contribution is -2.46. The van der Waals surface area contributed by atoms with E-state index in [2.05, 4.69) is 6.92 Å². The molecule has 0 aromatic carbocycles. The highest BCUT2D eigenvalue weighted by Crippen LogP contribution is 2.12. The van der Waals surface area contributed by atoms with Crippen molar-refractivity contribution in [1.82, 2.24) is 0 Å². The van der Waals surface area contributed by atoms with Gasteiger partial charge in [-0.1, -0.05) is 58.3 Å². The summed E-state index contributed by atoms with van der Waals surface area (Å²) in [7, 11) is 0.0974. The van der Waals surface area contributed by atoms with E-state index in [1.54, 1.807) is 0 Å². The number of unbranched alkanes of at least 4 members (excludes halogenated alkanes) is 7. The van der Waals surface area contributed by atoms with Gasteiger partial charge in [0, 0.05) is 6.42 Å². The molecule has 0 aliphatic carbocycles. The molecule has 0 amide bonds. The Balaban J connectivity index is 3.68. The summed E-state index contributed by atoms with van der Waals surface area (Å²) in [5, 5.41) is 10.1. The average molecular weight is 353 g/mol. The lowest BCUT2D eigenvalue weighted by Gasteiger charge is -2.31. The fourth-order valence-corrected chi connectivity index (χ4v) is 3.44. The molecular formula is C17H38NO4S+. The Hall–Kier alpha value is -0.170. The lowest BCUT2D eigenvalue weighted by atomic mass is 10.1.